The van der Waals surface area contributed by atoms with E-state index >= 15 is 0 Å². The molecule has 0 bridgehead atoms. The second-order valence-electron chi connectivity index (χ2n) is 2.95. The van der Waals surface area contributed by atoms with Gasteiger partial charge < -0.3 is 9.15 Å². The van der Waals surface area contributed by atoms with E-state index in [9.17, 15) is 4.79 Å². The van der Waals surface area contributed by atoms with E-state index in [-0.39, 0.29) is 45.8 Å². The molecule has 0 fully saturated rings. The molecule has 152 valence electrons. The van der Waals surface area contributed by atoms with Crippen LogP contribution in [-0.2, 0) is 61.5 Å². The van der Waals surface area contributed by atoms with E-state index in [0.717, 1.165) is 5.39 Å². The molecule has 0 amide bonds. The van der Waals surface area contributed by atoms with Crippen molar-refractivity contribution in [2.75, 3.05) is 6.61 Å². The van der Waals surface area contributed by atoms with Crippen molar-refractivity contribution in [1.29, 1.82) is 0 Å². The topological polar surface area (TPSA) is 159 Å². The Morgan fingerprint density at radius 1 is 0.828 bits per heavy atom. The van der Waals surface area contributed by atoms with E-state index in [1.807, 2.05) is 6.07 Å². The van der Waals surface area contributed by atoms with Gasteiger partial charge in [0.2, 0.25) is 0 Å². The Hall–Kier alpha value is -2.76. The first-order chi connectivity index (χ1) is 13.3. The molecule has 0 N–H and O–H groups in total. The molecule has 0 aliphatic carbocycles. The van der Waals surface area contributed by atoms with E-state index in [1.54, 1.807) is 18.2 Å². The molecule has 0 unspecified atom stereocenters. The summed E-state index contributed by atoms with van der Waals surface area (Å²) in [6.07, 6.45) is 5.06. The summed E-state index contributed by atoms with van der Waals surface area (Å²) < 4.78 is 55.2. The molecule has 29 heavy (non-hydrogen) atoms. The Bertz CT molecular complexity index is 791. The number of rotatable bonds is 2. The van der Waals surface area contributed by atoms with E-state index in [2.05, 4.69) is 45.8 Å². The molecular weight excluding hydrogens is 478 g/mol. The van der Waals surface area contributed by atoms with Crippen molar-refractivity contribution in [3.05, 3.63) is 80.7 Å². The van der Waals surface area contributed by atoms with Crippen LogP contribution in [0, 0.1) is 52.2 Å². The van der Waals surface area contributed by atoms with Crippen LogP contribution in [-0.4, -0.2) is 6.61 Å². The molecule has 2 radical (unpaired) electrons. The quantitative estimate of drug-likeness (QED) is 0.274. The van der Waals surface area contributed by atoms with Gasteiger partial charge in [0.25, 0.3) is 0 Å². The molecule has 9 nitrogen and oxygen atoms in total. The van der Waals surface area contributed by atoms with E-state index < -0.39 is 0 Å². The monoisotopic (exact) mass is 486 g/mol. The van der Waals surface area contributed by atoms with Gasteiger partial charge in [-0.1, -0.05) is 5.92 Å². The van der Waals surface area contributed by atoms with Gasteiger partial charge >= 0.3 is 73.4 Å². The van der Waals surface area contributed by atoms with Crippen molar-refractivity contribution >= 4 is 11.0 Å². The Morgan fingerprint density at radius 2 is 1.24 bits per heavy atom. The fourth-order valence-electron chi connectivity index (χ4n) is 1.26. The number of ether oxygens (including phenoxy) is 1. The predicted molar refractivity (Wildman–Crippen MR) is 80.4 cm³/mol. The molecular formula is C18H8Co2O9. The van der Waals surface area contributed by atoms with Crippen molar-refractivity contribution in [1.82, 2.24) is 0 Å². The van der Waals surface area contributed by atoms with Gasteiger partial charge in [-0.2, -0.15) is 0 Å². The molecule has 0 saturated carbocycles. The molecule has 0 spiro atoms. The van der Waals surface area contributed by atoms with Crippen molar-refractivity contribution in [3.8, 4) is 18.1 Å². The second-order valence-corrected chi connectivity index (χ2v) is 2.95. The summed E-state index contributed by atoms with van der Waals surface area (Å²) in [5.74, 6) is 2.95. The summed E-state index contributed by atoms with van der Waals surface area (Å²) in [5.41, 5.74) is 0.119. The van der Waals surface area contributed by atoms with Crippen LogP contribution >= 0.6 is 0 Å². The first-order valence-electron chi connectivity index (χ1n) is 5.62. The first kappa shape index (κ1) is 45.2. The summed E-state index contributed by atoms with van der Waals surface area (Å²) in [4.78, 5) is 11.0. The van der Waals surface area contributed by atoms with Crippen molar-refractivity contribution in [3.63, 3.8) is 0 Å². The summed E-state index contributed by atoms with van der Waals surface area (Å²) >= 11 is 0. The maximum absolute atomic E-state index is 11.0. The number of hydrogen-bond donors (Lipinski definition) is 0. The van der Waals surface area contributed by atoms with Crippen molar-refractivity contribution < 1.29 is 70.6 Å². The molecule has 2 aromatic rings. The Morgan fingerprint density at radius 3 is 1.66 bits per heavy atom. The minimum atomic E-state index is -0.378. The predicted octanol–water partition coefficient (Wildman–Crippen LogP) is 1.57. The molecule has 11 heteroatoms. The number of benzene rings is 1. The first-order valence-corrected chi connectivity index (χ1v) is 5.62. The van der Waals surface area contributed by atoms with Gasteiger partial charge in [0, 0.05) is 51.1 Å². The van der Waals surface area contributed by atoms with Gasteiger partial charge in [0.1, 0.15) is 17.9 Å². The van der Waals surface area contributed by atoms with Crippen LogP contribution in [0.15, 0.2) is 39.5 Å². The number of fused-ring (bicyclic) bond motifs is 1. The van der Waals surface area contributed by atoms with Gasteiger partial charge in [0.15, 0.2) is 0 Å². The number of hydrogen-bond acceptors (Lipinski definition) is 3. The van der Waals surface area contributed by atoms with Crippen molar-refractivity contribution in [2.24, 2.45) is 0 Å². The van der Waals surface area contributed by atoms with Gasteiger partial charge in [-0.3, -0.25) is 0 Å². The van der Waals surface area contributed by atoms with Crippen LogP contribution in [0.1, 0.15) is 0 Å². The van der Waals surface area contributed by atoms with Gasteiger partial charge in [-0.25, -0.2) is 4.79 Å². The normalized spacial score (nSPS) is 5.48. The van der Waals surface area contributed by atoms with Crippen LogP contribution in [0.25, 0.3) is 11.0 Å². The van der Waals surface area contributed by atoms with Crippen LogP contribution < -0.4 is 10.4 Å². The van der Waals surface area contributed by atoms with E-state index in [1.165, 1.54) is 6.07 Å². The summed E-state index contributed by atoms with van der Waals surface area (Å²) in [6.45, 7) is 27.2. The molecule has 0 aliphatic heterocycles. The average Bonchev–Trinajstić information content (AvgIpc) is 2.80. The zero-order chi connectivity index (χ0) is 22.7. The number of terminal acetylenes is 1. The van der Waals surface area contributed by atoms with Crippen LogP contribution in [0.4, 0.5) is 0 Å². The summed E-state index contributed by atoms with van der Waals surface area (Å²) in [6, 6.07) is 8.31. The average molecular weight is 486 g/mol. The van der Waals surface area contributed by atoms with Crippen LogP contribution in [0.2, 0.25) is 0 Å². The van der Waals surface area contributed by atoms with Gasteiger partial charge in [0.05, 0.1) is 0 Å². The molecule has 2 rings (SSSR count). The third kappa shape index (κ3) is 25.2. The second kappa shape index (κ2) is 44.6. The van der Waals surface area contributed by atoms with E-state index in [4.69, 9.17) is 43.5 Å². The standard InChI is InChI=1S/C12H8O3.6CO.2Co/c1-2-7-14-10-5-3-9-4-6-12(13)15-11(9)8-10;6*1-2;;/h1,3-6,8H,7H2;;;;;;;;. The maximum atomic E-state index is 11.0. The van der Waals surface area contributed by atoms with Crippen molar-refractivity contribution in [2.45, 2.75) is 0 Å². The molecule has 0 atom stereocenters. The summed E-state index contributed by atoms with van der Waals surface area (Å²) in [5, 5.41) is 0.850. The SMILES string of the molecule is C#CCOc1ccc2ccc(=O)oc2c1.[C-]#[O+].[C-]#[O+].[C-]#[O+].[C-]#[O+].[C-]#[O+].[C-]#[O+].[Co].[Co]. The van der Waals surface area contributed by atoms with E-state index in [0.29, 0.717) is 11.3 Å². The smallest absolute Gasteiger partial charge is 0 e. The fourth-order valence-corrected chi connectivity index (χ4v) is 1.26. The molecule has 0 saturated heterocycles. The molecule has 1 aromatic heterocycles. The maximum Gasteiger partial charge on any atom is 0 e. The summed E-state index contributed by atoms with van der Waals surface area (Å²) in [7, 11) is 0. The zero-order valence-corrected chi connectivity index (χ0v) is 16.1. The Kier molecular flexibility index (Phi) is 69.4. The zero-order valence-electron chi connectivity index (χ0n) is 14.0. The Labute approximate surface area is 186 Å². The molecule has 1 aromatic carbocycles. The largest absolute Gasteiger partial charge is 0 e. The third-order valence-corrected chi connectivity index (χ3v) is 1.92. The minimum absolute atomic E-state index is 0. The van der Waals surface area contributed by atoms with Crippen LogP contribution in [0.5, 0.6) is 5.75 Å². The molecule has 1 heterocycles. The third-order valence-electron chi connectivity index (χ3n) is 1.92. The fraction of sp³-hybridized carbons (Fsp3) is 0.0556. The Balaban J connectivity index is -0.0000000601. The van der Waals surface area contributed by atoms with Gasteiger partial charge in [-0.05, 0) is 18.2 Å². The minimum Gasteiger partial charge on any atom is 0 e. The van der Waals surface area contributed by atoms with Crippen LogP contribution in [0.3, 0.4) is 0 Å². The molecule has 0 aliphatic rings. The van der Waals surface area contributed by atoms with Gasteiger partial charge in [-0.15, -0.1) is 6.42 Å².